The number of benzene rings is 1. The van der Waals surface area contributed by atoms with Crippen LogP contribution in [-0.2, 0) is 9.59 Å². The smallest absolute Gasteiger partial charge is 0.414 e. The predicted octanol–water partition coefficient (Wildman–Crippen LogP) is 1.03. The summed E-state index contributed by atoms with van der Waals surface area (Å²) in [5, 5.41) is 17.8. The lowest BCUT2D eigenvalue weighted by molar-refractivity contribution is -0.159. The van der Waals surface area contributed by atoms with Crippen LogP contribution in [0.3, 0.4) is 0 Å². The number of hydrogen-bond donors (Lipinski definition) is 3. The van der Waals surface area contributed by atoms with Gasteiger partial charge in [0.2, 0.25) is 0 Å². The van der Waals surface area contributed by atoms with E-state index in [0.717, 1.165) is 6.54 Å². The summed E-state index contributed by atoms with van der Waals surface area (Å²) in [5.74, 6) is -2.85. The molecule has 0 saturated heterocycles. The van der Waals surface area contributed by atoms with Crippen LogP contribution in [0.1, 0.15) is 23.7 Å². The first-order valence-corrected chi connectivity index (χ1v) is 6.29. The van der Waals surface area contributed by atoms with Crippen LogP contribution in [0.4, 0.5) is 0 Å². The van der Waals surface area contributed by atoms with Crippen molar-refractivity contribution >= 4 is 17.7 Å². The average molecular weight is 297 g/mol. The van der Waals surface area contributed by atoms with E-state index in [2.05, 4.69) is 5.32 Å². The zero-order chi connectivity index (χ0) is 16.3. The Morgan fingerprint density at radius 1 is 1.14 bits per heavy atom. The summed E-state index contributed by atoms with van der Waals surface area (Å²) in [6.07, 6.45) is 0.506. The lowest BCUT2D eigenvalue weighted by Crippen LogP contribution is -2.16. The lowest BCUT2D eigenvalue weighted by atomic mass is 10.1. The Kier molecular flexibility index (Phi) is 9.19. The van der Waals surface area contributed by atoms with Crippen molar-refractivity contribution in [3.05, 3.63) is 29.8 Å². The molecule has 116 valence electrons. The number of hydrogen-bond acceptors (Lipinski definition) is 5. The number of aliphatic carboxylic acids is 2. The maximum absolute atomic E-state index is 11.6. The molecule has 7 heteroatoms. The van der Waals surface area contributed by atoms with Crippen molar-refractivity contribution in [2.45, 2.75) is 13.3 Å². The molecule has 0 aliphatic carbocycles. The first-order chi connectivity index (χ1) is 9.93. The van der Waals surface area contributed by atoms with E-state index in [4.69, 9.17) is 24.5 Å². The number of rotatable bonds is 6. The van der Waals surface area contributed by atoms with Crippen LogP contribution in [0, 0.1) is 0 Å². The minimum atomic E-state index is -1.82. The Hall–Kier alpha value is -2.41. The molecule has 0 fully saturated rings. The van der Waals surface area contributed by atoms with Crippen LogP contribution in [0.15, 0.2) is 24.3 Å². The van der Waals surface area contributed by atoms with Crippen LogP contribution >= 0.6 is 0 Å². The Bertz CT molecular complexity index is 474. The third-order valence-electron chi connectivity index (χ3n) is 2.30. The summed E-state index contributed by atoms with van der Waals surface area (Å²) in [5.41, 5.74) is 0.677. The minimum absolute atomic E-state index is 0.120. The number of Topliss-reactive ketones (excluding diaryl/α,β-unsaturated/α-hetero) is 1. The third kappa shape index (κ3) is 7.68. The standard InChI is InChI=1S/C12H17NO2.C2H2O4/c1-3-11(14)10-6-4-5-7-12(10)15-9-8-13-2;3-1(4)2(5)6/h4-7,13H,3,8-9H2,1-2H3;(H,3,4)(H,5,6). The second-order valence-electron chi connectivity index (χ2n) is 3.84. The van der Waals surface area contributed by atoms with E-state index in [0.29, 0.717) is 24.3 Å². The molecular weight excluding hydrogens is 278 g/mol. The van der Waals surface area contributed by atoms with E-state index in [9.17, 15) is 4.79 Å². The Morgan fingerprint density at radius 3 is 2.19 bits per heavy atom. The Labute approximate surface area is 122 Å². The molecule has 0 radical (unpaired) electrons. The van der Waals surface area contributed by atoms with Gasteiger partial charge in [0, 0.05) is 13.0 Å². The summed E-state index contributed by atoms with van der Waals surface area (Å²) in [7, 11) is 1.87. The number of likely N-dealkylation sites (N-methyl/N-ethyl adjacent to an activating group) is 1. The number of ketones is 1. The summed E-state index contributed by atoms with van der Waals surface area (Å²) in [6.45, 7) is 3.20. The fraction of sp³-hybridized carbons (Fsp3) is 0.357. The van der Waals surface area contributed by atoms with Gasteiger partial charge in [0.15, 0.2) is 5.78 Å². The summed E-state index contributed by atoms with van der Waals surface area (Å²) in [4.78, 5) is 29.8. The van der Waals surface area contributed by atoms with Crippen molar-refractivity contribution in [1.29, 1.82) is 0 Å². The van der Waals surface area contributed by atoms with E-state index in [-0.39, 0.29) is 5.78 Å². The zero-order valence-corrected chi connectivity index (χ0v) is 12.0. The molecule has 3 N–H and O–H groups in total. The monoisotopic (exact) mass is 297 g/mol. The van der Waals surface area contributed by atoms with Crippen molar-refractivity contribution in [3.63, 3.8) is 0 Å². The molecule has 0 atom stereocenters. The van der Waals surface area contributed by atoms with Crippen molar-refractivity contribution in [1.82, 2.24) is 5.32 Å². The maximum Gasteiger partial charge on any atom is 0.414 e. The highest BCUT2D eigenvalue weighted by Crippen LogP contribution is 2.19. The molecule has 1 rings (SSSR count). The normalized spacial score (nSPS) is 9.24. The molecule has 0 saturated carbocycles. The molecule has 0 aliphatic heterocycles. The number of carbonyl (C=O) groups is 3. The van der Waals surface area contributed by atoms with Crippen molar-refractivity contribution in [2.24, 2.45) is 0 Å². The van der Waals surface area contributed by atoms with Gasteiger partial charge in [0.1, 0.15) is 12.4 Å². The van der Waals surface area contributed by atoms with E-state index in [1.807, 2.05) is 32.2 Å². The summed E-state index contributed by atoms with van der Waals surface area (Å²) < 4.78 is 5.52. The molecule has 1 aromatic carbocycles. The number of carboxylic acids is 2. The first kappa shape index (κ1) is 18.6. The largest absolute Gasteiger partial charge is 0.492 e. The van der Waals surface area contributed by atoms with E-state index >= 15 is 0 Å². The highest BCUT2D eigenvalue weighted by atomic mass is 16.5. The average Bonchev–Trinajstić information content (AvgIpc) is 2.47. The van der Waals surface area contributed by atoms with Gasteiger partial charge in [-0.3, -0.25) is 4.79 Å². The summed E-state index contributed by atoms with van der Waals surface area (Å²) >= 11 is 0. The highest BCUT2D eigenvalue weighted by Gasteiger charge is 2.09. The zero-order valence-electron chi connectivity index (χ0n) is 12.0. The molecule has 7 nitrogen and oxygen atoms in total. The van der Waals surface area contributed by atoms with E-state index in [1.54, 1.807) is 6.07 Å². The van der Waals surface area contributed by atoms with Gasteiger partial charge in [0.05, 0.1) is 5.56 Å². The quantitative estimate of drug-likeness (QED) is 0.408. The second-order valence-corrected chi connectivity index (χ2v) is 3.84. The van der Waals surface area contributed by atoms with E-state index in [1.165, 1.54) is 0 Å². The van der Waals surface area contributed by atoms with Crippen LogP contribution in [0.2, 0.25) is 0 Å². The van der Waals surface area contributed by atoms with Crippen molar-refractivity contribution in [2.75, 3.05) is 20.2 Å². The molecule has 0 spiro atoms. The molecule has 0 heterocycles. The van der Waals surface area contributed by atoms with Gasteiger partial charge >= 0.3 is 11.9 Å². The van der Waals surface area contributed by atoms with Gasteiger partial charge in [-0.1, -0.05) is 19.1 Å². The van der Waals surface area contributed by atoms with Crippen LogP contribution in [-0.4, -0.2) is 48.1 Å². The number of ether oxygens (including phenoxy) is 1. The molecule has 0 amide bonds. The summed E-state index contributed by atoms with van der Waals surface area (Å²) in [6, 6.07) is 7.37. The predicted molar refractivity (Wildman–Crippen MR) is 75.8 cm³/mol. The Balaban J connectivity index is 0.000000567. The number of carbonyl (C=O) groups excluding carboxylic acids is 1. The first-order valence-electron chi connectivity index (χ1n) is 6.29. The van der Waals surface area contributed by atoms with Crippen LogP contribution < -0.4 is 10.1 Å². The highest BCUT2D eigenvalue weighted by molar-refractivity contribution is 6.27. The van der Waals surface area contributed by atoms with Gasteiger partial charge in [-0.05, 0) is 19.2 Å². The van der Waals surface area contributed by atoms with Crippen LogP contribution in [0.25, 0.3) is 0 Å². The fourth-order valence-electron chi connectivity index (χ4n) is 1.28. The van der Waals surface area contributed by atoms with Crippen LogP contribution in [0.5, 0.6) is 5.75 Å². The SMILES string of the molecule is CCC(=O)c1ccccc1OCCNC.O=C(O)C(=O)O. The lowest BCUT2D eigenvalue weighted by Gasteiger charge is -2.09. The molecule has 1 aromatic rings. The maximum atomic E-state index is 11.6. The molecule has 21 heavy (non-hydrogen) atoms. The van der Waals surface area contributed by atoms with Gasteiger partial charge in [0.25, 0.3) is 0 Å². The molecular formula is C14H19NO6. The Morgan fingerprint density at radius 2 is 1.71 bits per heavy atom. The fourth-order valence-corrected chi connectivity index (χ4v) is 1.28. The van der Waals surface area contributed by atoms with Gasteiger partial charge in [-0.2, -0.15) is 0 Å². The molecule has 0 unspecified atom stereocenters. The number of carboxylic acid groups (broad SMARTS) is 2. The topological polar surface area (TPSA) is 113 Å². The minimum Gasteiger partial charge on any atom is -0.492 e. The van der Waals surface area contributed by atoms with E-state index < -0.39 is 11.9 Å². The van der Waals surface area contributed by atoms with Gasteiger partial charge in [-0.25, -0.2) is 9.59 Å². The molecule has 0 aromatic heterocycles. The number of para-hydroxylation sites is 1. The van der Waals surface area contributed by atoms with Crippen molar-refractivity contribution < 1.29 is 29.3 Å². The van der Waals surface area contributed by atoms with Gasteiger partial charge in [-0.15, -0.1) is 0 Å². The second kappa shape index (κ2) is 10.4. The number of nitrogens with one attached hydrogen (secondary N) is 1. The third-order valence-corrected chi connectivity index (χ3v) is 2.30. The van der Waals surface area contributed by atoms with Crippen molar-refractivity contribution in [3.8, 4) is 5.75 Å². The van der Waals surface area contributed by atoms with Gasteiger partial charge < -0.3 is 20.3 Å². The molecule has 0 aliphatic rings. The molecule has 0 bridgehead atoms.